The number of rotatable bonds is 4. The molecule has 0 aliphatic rings. The Morgan fingerprint density at radius 1 is 0.188 bits per heavy atom. The summed E-state index contributed by atoms with van der Waals surface area (Å²) in [5.41, 5.74) is 5.03. The Hall–Kier alpha value is -8.53. The van der Waals surface area contributed by atoms with E-state index in [1.165, 1.54) is 70.0 Å². The molecule has 0 aliphatic heterocycles. The van der Waals surface area contributed by atoms with Crippen LogP contribution in [0.25, 0.3) is 131 Å². The van der Waals surface area contributed by atoms with Crippen molar-refractivity contribution in [3.63, 3.8) is 0 Å². The van der Waals surface area contributed by atoms with Crippen molar-refractivity contribution in [1.82, 2.24) is 15.0 Å². The van der Waals surface area contributed by atoms with E-state index in [1.807, 2.05) is 24.3 Å². The van der Waals surface area contributed by atoms with E-state index in [1.54, 1.807) is 0 Å². The highest BCUT2D eigenvalue weighted by Gasteiger charge is 2.18. The van der Waals surface area contributed by atoms with Crippen molar-refractivity contribution in [2.24, 2.45) is 0 Å². The molecule has 0 fully saturated rings. The Labute approximate surface area is 369 Å². The number of fused-ring (bicyclic) bond motifs is 11. The first-order chi connectivity index (χ1) is 31.7. The fourth-order valence-electron chi connectivity index (χ4n) is 10.1. The summed E-state index contributed by atoms with van der Waals surface area (Å²) in [6.07, 6.45) is 0. The molecule has 3 nitrogen and oxygen atoms in total. The van der Waals surface area contributed by atoms with Crippen molar-refractivity contribution in [2.45, 2.75) is 0 Å². The van der Waals surface area contributed by atoms with Crippen LogP contribution in [0.5, 0.6) is 0 Å². The molecular weight excluding hydrogens is 775 g/mol. The molecule has 0 unspecified atom stereocenters. The Bertz CT molecular complexity index is 4050. The maximum Gasteiger partial charge on any atom is 0.164 e. The number of hydrogen-bond donors (Lipinski definition) is 0. The van der Waals surface area contributed by atoms with Gasteiger partial charge in [0.25, 0.3) is 0 Å². The molecule has 13 rings (SSSR count). The van der Waals surface area contributed by atoms with E-state index in [0.29, 0.717) is 17.5 Å². The van der Waals surface area contributed by atoms with E-state index in [4.69, 9.17) is 15.0 Å². The molecule has 0 amide bonds. The minimum Gasteiger partial charge on any atom is -0.208 e. The Balaban J connectivity index is 1.20. The quantitative estimate of drug-likeness (QED) is 0.166. The van der Waals surface area contributed by atoms with E-state index in [2.05, 4.69) is 200 Å². The lowest BCUT2D eigenvalue weighted by atomic mass is 9.87. The molecule has 0 saturated heterocycles. The second kappa shape index (κ2) is 14.5. The minimum absolute atomic E-state index is 0.618. The largest absolute Gasteiger partial charge is 0.208 e. The van der Waals surface area contributed by atoms with Crippen molar-refractivity contribution in [3.05, 3.63) is 224 Å². The zero-order chi connectivity index (χ0) is 42.1. The first-order valence-corrected chi connectivity index (χ1v) is 21.8. The first-order valence-electron chi connectivity index (χ1n) is 21.8. The van der Waals surface area contributed by atoms with Gasteiger partial charge in [-0.2, -0.15) is 0 Å². The first kappa shape index (κ1) is 36.2. The number of aromatic nitrogens is 3. The predicted molar refractivity (Wildman–Crippen MR) is 270 cm³/mol. The molecular formula is C61H37N3. The third-order valence-corrected chi connectivity index (χ3v) is 13.0. The van der Waals surface area contributed by atoms with E-state index >= 15 is 0 Å². The Kier molecular flexibility index (Phi) is 8.22. The van der Waals surface area contributed by atoms with Crippen LogP contribution < -0.4 is 0 Å². The molecule has 13 aromatic rings. The lowest BCUT2D eigenvalue weighted by Gasteiger charge is -2.16. The van der Waals surface area contributed by atoms with Gasteiger partial charge in [0, 0.05) is 16.7 Å². The maximum atomic E-state index is 5.32. The van der Waals surface area contributed by atoms with E-state index in [-0.39, 0.29) is 0 Å². The summed E-state index contributed by atoms with van der Waals surface area (Å²) in [5.74, 6) is 1.87. The lowest BCUT2D eigenvalue weighted by molar-refractivity contribution is 1.07. The Morgan fingerprint density at radius 3 is 1.27 bits per heavy atom. The van der Waals surface area contributed by atoms with Gasteiger partial charge >= 0.3 is 0 Å². The zero-order valence-electron chi connectivity index (χ0n) is 34.7. The van der Waals surface area contributed by atoms with E-state index in [9.17, 15) is 0 Å². The van der Waals surface area contributed by atoms with Crippen molar-refractivity contribution in [2.75, 3.05) is 0 Å². The molecule has 0 atom stereocenters. The molecule has 0 aliphatic carbocycles. The monoisotopic (exact) mass is 811 g/mol. The van der Waals surface area contributed by atoms with E-state index in [0.717, 1.165) is 44.0 Å². The second-order valence-corrected chi connectivity index (χ2v) is 16.7. The standard InChI is InChI=1S/C61H37N3/c1-3-15-38(16-4-1)42-21-14-22-44(35-42)60-62-59(41-17-5-2-6-18-41)63-61(64-60)45-32-33-51-49-26-10-8-24-47(49)46-23-7-9-25-48(46)50-27-11-12-28-52(50)58-53-34-31-40-20-13-19-39-29-30-43(57(53)56(39)40)36-55(58)54(51)37-45/h1-37H. The number of hydrogen-bond acceptors (Lipinski definition) is 3. The van der Waals surface area contributed by atoms with Gasteiger partial charge in [0.05, 0.1) is 0 Å². The van der Waals surface area contributed by atoms with Gasteiger partial charge in [-0.3, -0.25) is 0 Å². The second-order valence-electron chi connectivity index (χ2n) is 16.7. The molecule has 296 valence electrons. The van der Waals surface area contributed by atoms with Gasteiger partial charge in [0.15, 0.2) is 17.5 Å². The van der Waals surface area contributed by atoms with Crippen LogP contribution in [-0.4, -0.2) is 15.0 Å². The van der Waals surface area contributed by atoms with E-state index < -0.39 is 0 Å². The summed E-state index contributed by atoms with van der Waals surface area (Å²) in [6.45, 7) is 0. The third-order valence-electron chi connectivity index (χ3n) is 13.0. The average Bonchev–Trinajstić information content (AvgIpc) is 3.38. The number of benzene rings is 11. The summed E-state index contributed by atoms with van der Waals surface area (Å²) in [4.78, 5) is 15.7. The summed E-state index contributed by atoms with van der Waals surface area (Å²) in [6, 6.07) is 81.0. The Morgan fingerprint density at radius 2 is 0.625 bits per heavy atom. The van der Waals surface area contributed by atoms with Gasteiger partial charge in [0.2, 0.25) is 0 Å². The molecule has 0 saturated carbocycles. The molecule has 3 heteroatoms. The summed E-state index contributed by atoms with van der Waals surface area (Å²) in [5, 5.41) is 19.4. The fourth-order valence-corrected chi connectivity index (χ4v) is 10.1. The van der Waals surface area contributed by atoms with Crippen LogP contribution in [0.15, 0.2) is 224 Å². The van der Waals surface area contributed by atoms with Crippen LogP contribution in [0.1, 0.15) is 0 Å². The van der Waals surface area contributed by atoms with Gasteiger partial charge < -0.3 is 0 Å². The predicted octanol–water partition coefficient (Wildman–Crippen LogP) is 16.3. The normalized spacial score (nSPS) is 11.8. The van der Waals surface area contributed by atoms with Gasteiger partial charge in [-0.1, -0.05) is 206 Å². The summed E-state index contributed by atoms with van der Waals surface area (Å²) < 4.78 is 0. The van der Waals surface area contributed by atoms with Crippen molar-refractivity contribution < 1.29 is 0 Å². The molecule has 0 radical (unpaired) electrons. The van der Waals surface area contributed by atoms with Gasteiger partial charge in [0.1, 0.15) is 0 Å². The molecule has 12 aromatic carbocycles. The smallest absolute Gasteiger partial charge is 0.164 e. The van der Waals surface area contributed by atoms with Crippen LogP contribution in [0.2, 0.25) is 0 Å². The third kappa shape index (κ3) is 5.79. The zero-order valence-corrected chi connectivity index (χ0v) is 34.7. The SMILES string of the molecule is c1ccc(-c2cccc(-c3nc(-c4ccccc4)nc(-c4ccc5c6ccccc6c6ccccc6c6ccccc6c6c(cc7ccc8cccc9ccc6c7c89)c5c4)n3)c2)cc1. The topological polar surface area (TPSA) is 38.7 Å². The maximum absolute atomic E-state index is 5.32. The minimum atomic E-state index is 0.618. The fraction of sp³-hybridized carbons (Fsp3) is 0. The van der Waals surface area contributed by atoms with Crippen molar-refractivity contribution in [1.29, 1.82) is 0 Å². The van der Waals surface area contributed by atoms with Crippen molar-refractivity contribution in [3.8, 4) is 45.3 Å². The van der Waals surface area contributed by atoms with Crippen LogP contribution in [0.3, 0.4) is 0 Å². The highest BCUT2D eigenvalue weighted by Crippen LogP contribution is 2.44. The van der Waals surface area contributed by atoms with Crippen molar-refractivity contribution >= 4 is 86.2 Å². The highest BCUT2D eigenvalue weighted by molar-refractivity contribution is 6.36. The van der Waals surface area contributed by atoms with Gasteiger partial charge in [-0.25, -0.2) is 15.0 Å². The summed E-state index contributed by atoms with van der Waals surface area (Å²) >= 11 is 0. The lowest BCUT2D eigenvalue weighted by Crippen LogP contribution is -2.00. The van der Waals surface area contributed by atoms with Gasteiger partial charge in [-0.05, 0) is 116 Å². The molecule has 0 spiro atoms. The van der Waals surface area contributed by atoms with Crippen LogP contribution in [0, 0.1) is 0 Å². The molecule has 1 aromatic heterocycles. The summed E-state index contributed by atoms with van der Waals surface area (Å²) in [7, 11) is 0. The molecule has 0 bridgehead atoms. The highest BCUT2D eigenvalue weighted by atomic mass is 15.0. The van der Waals surface area contributed by atoms with Crippen LogP contribution >= 0.6 is 0 Å². The van der Waals surface area contributed by atoms with Crippen LogP contribution in [0.4, 0.5) is 0 Å². The molecule has 0 N–H and O–H groups in total. The molecule has 64 heavy (non-hydrogen) atoms. The van der Waals surface area contributed by atoms with Crippen LogP contribution in [-0.2, 0) is 0 Å². The average molecular weight is 812 g/mol. The molecule has 1 heterocycles. The number of nitrogens with zero attached hydrogens (tertiary/aromatic N) is 3. The van der Waals surface area contributed by atoms with Gasteiger partial charge in [-0.15, -0.1) is 0 Å².